The first-order chi connectivity index (χ1) is 10.1. The molecule has 1 heterocycles. The first-order valence-electron chi connectivity index (χ1n) is 8.00. The Balaban J connectivity index is 1.57. The number of rotatable bonds is 2. The lowest BCUT2D eigenvalue weighted by Crippen LogP contribution is -2.56. The zero-order valence-electron chi connectivity index (χ0n) is 12.3. The Labute approximate surface area is 130 Å². The summed E-state index contributed by atoms with van der Waals surface area (Å²) in [6.45, 7) is 0. The van der Waals surface area contributed by atoms with Gasteiger partial charge in [-0.05, 0) is 67.9 Å². The van der Waals surface area contributed by atoms with E-state index in [1.165, 1.54) is 32.1 Å². The second kappa shape index (κ2) is 4.98. The molecule has 21 heavy (non-hydrogen) atoms. The quantitative estimate of drug-likeness (QED) is 0.782. The number of halogens is 1. The molecular weight excluding hydrogens is 284 g/mol. The van der Waals surface area contributed by atoms with Gasteiger partial charge in [0.1, 0.15) is 5.15 Å². The van der Waals surface area contributed by atoms with E-state index in [4.69, 9.17) is 11.6 Å². The summed E-state index contributed by atoms with van der Waals surface area (Å²) in [7, 11) is 1.98. The Morgan fingerprint density at radius 3 is 2.38 bits per heavy atom. The maximum absolute atomic E-state index is 12.8. The first-order valence-corrected chi connectivity index (χ1v) is 8.38. The van der Waals surface area contributed by atoms with Crippen molar-refractivity contribution in [2.24, 2.45) is 23.7 Å². The van der Waals surface area contributed by atoms with Crippen molar-refractivity contribution in [1.29, 1.82) is 0 Å². The van der Waals surface area contributed by atoms with Crippen LogP contribution in [-0.2, 0) is 0 Å². The van der Waals surface area contributed by atoms with Crippen LogP contribution in [0, 0.1) is 23.7 Å². The topological polar surface area (TPSA) is 33.2 Å². The summed E-state index contributed by atoms with van der Waals surface area (Å²) in [5, 5.41) is 0.388. The van der Waals surface area contributed by atoms with E-state index in [1.54, 1.807) is 18.3 Å². The highest BCUT2D eigenvalue weighted by molar-refractivity contribution is 6.29. The molecule has 4 heteroatoms. The highest BCUT2D eigenvalue weighted by atomic mass is 35.5. The van der Waals surface area contributed by atoms with Gasteiger partial charge >= 0.3 is 0 Å². The number of aromatic nitrogens is 1. The van der Waals surface area contributed by atoms with E-state index < -0.39 is 0 Å². The molecule has 3 nitrogen and oxygen atoms in total. The number of amides is 1. The summed E-state index contributed by atoms with van der Waals surface area (Å²) >= 11 is 5.92. The summed E-state index contributed by atoms with van der Waals surface area (Å²) in [6, 6.07) is 3.87. The molecule has 1 aromatic rings. The van der Waals surface area contributed by atoms with Gasteiger partial charge in [0.15, 0.2) is 0 Å². The molecule has 0 aliphatic heterocycles. The normalized spacial score (nSPS) is 36.8. The monoisotopic (exact) mass is 304 g/mol. The van der Waals surface area contributed by atoms with Crippen molar-refractivity contribution in [2.45, 2.75) is 38.1 Å². The Bertz CT molecular complexity index is 546. The predicted octanol–water partition coefficient (Wildman–Crippen LogP) is 3.63. The van der Waals surface area contributed by atoms with E-state index >= 15 is 0 Å². The first kappa shape index (κ1) is 13.6. The molecule has 0 radical (unpaired) electrons. The second-order valence-electron chi connectivity index (χ2n) is 7.20. The number of carbonyl (C=O) groups excluding carboxylic acids is 1. The largest absolute Gasteiger partial charge is 0.338 e. The predicted molar refractivity (Wildman–Crippen MR) is 82.2 cm³/mol. The van der Waals surface area contributed by atoms with Crippen LogP contribution in [0.5, 0.6) is 0 Å². The number of hydrogen-bond acceptors (Lipinski definition) is 2. The lowest BCUT2D eigenvalue weighted by Gasteiger charge is -2.56. The highest BCUT2D eigenvalue weighted by Crippen LogP contribution is 2.55. The number of carbonyl (C=O) groups is 1. The van der Waals surface area contributed by atoms with Gasteiger partial charge in [-0.1, -0.05) is 11.6 Å². The van der Waals surface area contributed by atoms with Gasteiger partial charge in [0.25, 0.3) is 5.91 Å². The van der Waals surface area contributed by atoms with E-state index in [2.05, 4.69) is 4.98 Å². The van der Waals surface area contributed by atoms with Crippen LogP contribution in [0.15, 0.2) is 18.3 Å². The average Bonchev–Trinajstić information content (AvgIpc) is 2.45. The van der Waals surface area contributed by atoms with Gasteiger partial charge in [-0.2, -0.15) is 0 Å². The Kier molecular flexibility index (Phi) is 3.21. The van der Waals surface area contributed by atoms with Crippen LogP contribution in [0.2, 0.25) is 5.15 Å². The Hall–Kier alpha value is -1.09. The van der Waals surface area contributed by atoms with Crippen LogP contribution in [-0.4, -0.2) is 28.9 Å². The van der Waals surface area contributed by atoms with Gasteiger partial charge in [0.2, 0.25) is 0 Å². The van der Waals surface area contributed by atoms with E-state index in [1.807, 2.05) is 11.9 Å². The molecule has 1 aromatic heterocycles. The van der Waals surface area contributed by atoms with E-state index in [0.717, 1.165) is 11.8 Å². The van der Waals surface area contributed by atoms with Crippen molar-refractivity contribution in [3.8, 4) is 0 Å². The van der Waals surface area contributed by atoms with Crippen molar-refractivity contribution in [3.05, 3.63) is 29.0 Å². The lowest BCUT2D eigenvalue weighted by molar-refractivity contribution is -0.0491. The second-order valence-corrected chi connectivity index (χ2v) is 7.59. The van der Waals surface area contributed by atoms with Gasteiger partial charge in [-0.15, -0.1) is 0 Å². The van der Waals surface area contributed by atoms with Crippen LogP contribution < -0.4 is 0 Å². The van der Waals surface area contributed by atoms with Crippen LogP contribution >= 0.6 is 11.6 Å². The molecule has 4 bridgehead atoms. The molecule has 0 atom stereocenters. The molecule has 0 saturated heterocycles. The van der Waals surface area contributed by atoms with Crippen molar-refractivity contribution in [1.82, 2.24) is 9.88 Å². The van der Waals surface area contributed by atoms with Gasteiger partial charge < -0.3 is 4.90 Å². The summed E-state index contributed by atoms with van der Waals surface area (Å²) < 4.78 is 0. The molecule has 0 unspecified atom stereocenters. The molecule has 112 valence electrons. The third-order valence-corrected chi connectivity index (χ3v) is 6.12. The zero-order valence-corrected chi connectivity index (χ0v) is 13.1. The van der Waals surface area contributed by atoms with E-state index in [9.17, 15) is 4.79 Å². The number of pyridine rings is 1. The maximum atomic E-state index is 12.8. The molecule has 5 rings (SSSR count). The van der Waals surface area contributed by atoms with Crippen molar-refractivity contribution in [3.63, 3.8) is 0 Å². The molecule has 4 saturated carbocycles. The molecule has 1 amide bonds. The summed E-state index contributed by atoms with van der Waals surface area (Å²) in [5.74, 6) is 3.39. The fourth-order valence-electron chi connectivity index (χ4n) is 5.40. The average molecular weight is 305 g/mol. The van der Waals surface area contributed by atoms with Crippen LogP contribution in [0.1, 0.15) is 42.5 Å². The third kappa shape index (κ3) is 2.26. The fraction of sp³-hybridized carbons (Fsp3) is 0.647. The smallest absolute Gasteiger partial charge is 0.254 e. The summed E-state index contributed by atoms with van der Waals surface area (Å²) in [6.07, 6.45) is 8.36. The van der Waals surface area contributed by atoms with Crippen molar-refractivity contribution < 1.29 is 4.79 Å². The number of nitrogens with zero attached hydrogens (tertiary/aromatic N) is 2. The number of hydrogen-bond donors (Lipinski definition) is 0. The Morgan fingerprint density at radius 1 is 1.19 bits per heavy atom. The molecule has 0 N–H and O–H groups in total. The van der Waals surface area contributed by atoms with Crippen LogP contribution in [0.4, 0.5) is 0 Å². The van der Waals surface area contributed by atoms with Gasteiger partial charge in [0, 0.05) is 24.8 Å². The molecular formula is C17H21ClN2O. The zero-order chi connectivity index (χ0) is 14.6. The Morgan fingerprint density at radius 2 is 1.81 bits per heavy atom. The summed E-state index contributed by atoms with van der Waals surface area (Å²) in [5.41, 5.74) is 0.659. The van der Waals surface area contributed by atoms with E-state index in [0.29, 0.717) is 28.6 Å². The maximum Gasteiger partial charge on any atom is 0.254 e. The van der Waals surface area contributed by atoms with Gasteiger partial charge in [-0.3, -0.25) is 4.79 Å². The molecule has 4 aliphatic carbocycles. The lowest BCUT2D eigenvalue weighted by atomic mass is 9.54. The molecule has 4 aliphatic rings. The van der Waals surface area contributed by atoms with Gasteiger partial charge in [0.05, 0.1) is 0 Å². The summed E-state index contributed by atoms with van der Waals surface area (Å²) in [4.78, 5) is 18.7. The minimum absolute atomic E-state index is 0.0942. The minimum atomic E-state index is 0.0942. The van der Waals surface area contributed by atoms with E-state index in [-0.39, 0.29) is 5.91 Å². The van der Waals surface area contributed by atoms with Crippen molar-refractivity contribution in [2.75, 3.05) is 7.05 Å². The molecule has 4 fully saturated rings. The highest BCUT2D eigenvalue weighted by Gasteiger charge is 2.50. The van der Waals surface area contributed by atoms with Gasteiger partial charge in [-0.25, -0.2) is 4.98 Å². The van der Waals surface area contributed by atoms with Crippen LogP contribution in [0.25, 0.3) is 0 Å². The molecule has 0 aromatic carbocycles. The van der Waals surface area contributed by atoms with Crippen LogP contribution in [0.3, 0.4) is 0 Å². The standard InChI is InChI=1S/C17H21ClN2O/c1-20(17(21)12-2-3-19-15(18)9-12)16-13-5-10-4-11(7-13)8-14(16)6-10/h2-3,9-11,13-14,16H,4-8H2,1H3. The minimum Gasteiger partial charge on any atom is -0.338 e. The SMILES string of the molecule is CN(C(=O)c1ccnc(Cl)c1)C1C2CC3CC(C2)CC1C3. The fourth-order valence-corrected chi connectivity index (χ4v) is 5.58. The van der Waals surface area contributed by atoms with Crippen molar-refractivity contribution >= 4 is 17.5 Å². The third-order valence-electron chi connectivity index (χ3n) is 5.92. The molecule has 0 spiro atoms.